The summed E-state index contributed by atoms with van der Waals surface area (Å²) in [4.78, 5) is 18.4. The van der Waals surface area contributed by atoms with Crippen LogP contribution in [0.3, 0.4) is 0 Å². The highest BCUT2D eigenvalue weighted by molar-refractivity contribution is 7.10. The molecule has 1 aromatic heterocycles. The lowest BCUT2D eigenvalue weighted by atomic mass is 9.94. The molecule has 2 amide bonds. The fraction of sp³-hybridized carbons (Fsp3) is 0.650. The quantitative estimate of drug-likeness (QED) is 0.777. The Labute approximate surface area is 160 Å². The van der Waals surface area contributed by atoms with E-state index in [2.05, 4.69) is 33.6 Å². The molecule has 2 heterocycles. The molecule has 1 aliphatic carbocycles. The zero-order chi connectivity index (χ0) is 18.2. The summed E-state index contributed by atoms with van der Waals surface area (Å²) in [6, 6.07) is 4.68. The Morgan fingerprint density at radius 2 is 2.15 bits per heavy atom. The highest BCUT2D eigenvalue weighted by atomic mass is 32.1. The third-order valence-electron chi connectivity index (χ3n) is 5.34. The summed E-state index contributed by atoms with van der Waals surface area (Å²) in [7, 11) is 0. The lowest BCUT2D eigenvalue weighted by molar-refractivity contribution is 0.0171. The Hall–Kier alpha value is -1.55. The van der Waals surface area contributed by atoms with Crippen LogP contribution in [-0.4, -0.2) is 61.3 Å². The normalized spacial score (nSPS) is 20.3. The molecule has 3 rings (SSSR count). The van der Waals surface area contributed by atoms with Gasteiger partial charge in [0.25, 0.3) is 0 Å². The summed E-state index contributed by atoms with van der Waals surface area (Å²) in [5, 5.41) is 5.26. The summed E-state index contributed by atoms with van der Waals surface area (Å²) in [5.74, 6) is 2.66. The van der Waals surface area contributed by atoms with Crippen LogP contribution in [0.2, 0.25) is 0 Å². The van der Waals surface area contributed by atoms with E-state index in [1.165, 1.54) is 24.1 Å². The van der Waals surface area contributed by atoms with Crippen molar-refractivity contribution in [1.82, 2.24) is 15.1 Å². The first kappa shape index (κ1) is 19.2. The molecule has 26 heavy (non-hydrogen) atoms. The number of amides is 2. The average Bonchev–Trinajstić information content (AvgIpc) is 3.22. The van der Waals surface area contributed by atoms with E-state index >= 15 is 0 Å². The second-order valence-corrected chi connectivity index (χ2v) is 7.97. The van der Waals surface area contributed by atoms with Crippen LogP contribution in [0.15, 0.2) is 17.5 Å². The standard InChI is InChI=1S/C20H29N3O2S/c1-2-10-23(17-7-4-3-5-8-17)20(24)21-16-18(19-9-6-15-26-19)22-11-13-25-14-12-22/h1,6,9,15,17-18H,3-5,7-8,10-14,16H2,(H,21,24)/t18-/m0/s1. The fourth-order valence-electron chi connectivity index (χ4n) is 3.92. The van der Waals surface area contributed by atoms with Gasteiger partial charge in [-0.3, -0.25) is 4.90 Å². The Bertz CT molecular complexity index is 587. The first-order valence-corrected chi connectivity index (χ1v) is 10.5. The SMILES string of the molecule is C#CCN(C(=O)NC[C@@H](c1cccs1)N1CCOCC1)C1CCCCC1. The van der Waals surface area contributed by atoms with E-state index in [0.717, 1.165) is 39.1 Å². The topological polar surface area (TPSA) is 44.8 Å². The number of terminal acetylenes is 1. The molecule has 1 saturated carbocycles. The van der Waals surface area contributed by atoms with Crippen molar-refractivity contribution in [1.29, 1.82) is 0 Å². The molecule has 1 N–H and O–H groups in total. The van der Waals surface area contributed by atoms with Crippen LogP contribution in [0.1, 0.15) is 43.0 Å². The molecule has 1 atom stereocenters. The summed E-state index contributed by atoms with van der Waals surface area (Å²) < 4.78 is 5.49. The molecule has 0 aromatic carbocycles. The third-order valence-corrected chi connectivity index (χ3v) is 6.32. The van der Waals surface area contributed by atoms with Gasteiger partial charge in [-0.25, -0.2) is 4.79 Å². The van der Waals surface area contributed by atoms with Gasteiger partial charge >= 0.3 is 6.03 Å². The van der Waals surface area contributed by atoms with Crippen LogP contribution in [0, 0.1) is 12.3 Å². The van der Waals surface area contributed by atoms with Crippen molar-refractivity contribution in [3.05, 3.63) is 22.4 Å². The number of carbonyl (C=O) groups is 1. The van der Waals surface area contributed by atoms with Gasteiger partial charge in [-0.2, -0.15) is 0 Å². The van der Waals surface area contributed by atoms with Crippen molar-refractivity contribution in [3.8, 4) is 12.3 Å². The Balaban J connectivity index is 1.62. The van der Waals surface area contributed by atoms with Crippen molar-refractivity contribution in [2.24, 2.45) is 0 Å². The number of nitrogens with zero attached hydrogens (tertiary/aromatic N) is 2. The molecule has 0 spiro atoms. The molecule has 0 bridgehead atoms. The Morgan fingerprint density at radius 1 is 1.38 bits per heavy atom. The molecule has 5 nitrogen and oxygen atoms in total. The van der Waals surface area contributed by atoms with Gasteiger partial charge in [0.05, 0.1) is 25.8 Å². The lowest BCUT2D eigenvalue weighted by Gasteiger charge is -2.36. The monoisotopic (exact) mass is 375 g/mol. The van der Waals surface area contributed by atoms with Gasteiger partial charge in [-0.05, 0) is 24.3 Å². The summed E-state index contributed by atoms with van der Waals surface area (Å²) in [6.45, 7) is 4.29. The molecule has 1 aromatic rings. The highest BCUT2D eigenvalue weighted by Gasteiger charge is 2.27. The summed E-state index contributed by atoms with van der Waals surface area (Å²) >= 11 is 1.74. The van der Waals surface area contributed by atoms with E-state index in [9.17, 15) is 4.79 Å². The first-order valence-electron chi connectivity index (χ1n) is 9.62. The molecule has 142 valence electrons. The maximum Gasteiger partial charge on any atom is 0.318 e. The number of rotatable bonds is 6. The fourth-order valence-corrected chi connectivity index (χ4v) is 4.78. The third kappa shape index (κ3) is 5.00. The van der Waals surface area contributed by atoms with Gasteiger partial charge in [-0.15, -0.1) is 17.8 Å². The number of nitrogens with one attached hydrogen (secondary N) is 1. The zero-order valence-corrected chi connectivity index (χ0v) is 16.2. The van der Waals surface area contributed by atoms with E-state index in [1.54, 1.807) is 11.3 Å². The van der Waals surface area contributed by atoms with Gasteiger partial charge in [0, 0.05) is 30.6 Å². The zero-order valence-electron chi connectivity index (χ0n) is 15.4. The molecule has 2 fully saturated rings. The largest absolute Gasteiger partial charge is 0.379 e. The molecule has 1 aliphatic heterocycles. The minimum Gasteiger partial charge on any atom is -0.379 e. The van der Waals surface area contributed by atoms with Gasteiger partial charge in [-0.1, -0.05) is 31.2 Å². The molecule has 1 saturated heterocycles. The first-order chi connectivity index (χ1) is 12.8. The van der Waals surface area contributed by atoms with Crippen molar-refractivity contribution in [3.63, 3.8) is 0 Å². The smallest absolute Gasteiger partial charge is 0.318 e. The van der Waals surface area contributed by atoms with Crippen LogP contribution < -0.4 is 5.32 Å². The van der Waals surface area contributed by atoms with Gasteiger partial charge in [0.1, 0.15) is 0 Å². The minimum atomic E-state index is -0.0235. The average molecular weight is 376 g/mol. The van der Waals surface area contributed by atoms with Crippen LogP contribution in [0.4, 0.5) is 4.79 Å². The van der Waals surface area contributed by atoms with Crippen molar-refractivity contribution in [2.45, 2.75) is 44.2 Å². The van der Waals surface area contributed by atoms with Crippen molar-refractivity contribution < 1.29 is 9.53 Å². The minimum absolute atomic E-state index is 0.0235. The van der Waals surface area contributed by atoms with Crippen molar-refractivity contribution >= 4 is 17.4 Å². The number of hydrogen-bond acceptors (Lipinski definition) is 4. The Kier molecular flexibility index (Phi) is 7.36. The number of carbonyl (C=O) groups excluding carboxylic acids is 1. The highest BCUT2D eigenvalue weighted by Crippen LogP contribution is 2.26. The second kappa shape index (κ2) is 9.96. The maximum absolute atomic E-state index is 12.9. The molecular formula is C20H29N3O2S. The van der Waals surface area contributed by atoms with E-state index in [-0.39, 0.29) is 18.1 Å². The number of morpholine rings is 1. The van der Waals surface area contributed by atoms with E-state index in [1.807, 2.05) is 4.90 Å². The molecule has 0 radical (unpaired) electrons. The van der Waals surface area contributed by atoms with Gasteiger partial charge in [0.15, 0.2) is 0 Å². The van der Waals surface area contributed by atoms with E-state index < -0.39 is 0 Å². The maximum atomic E-state index is 12.9. The number of ether oxygens (including phenoxy) is 1. The van der Waals surface area contributed by atoms with Crippen LogP contribution in [0.5, 0.6) is 0 Å². The molecule has 2 aliphatic rings. The van der Waals surface area contributed by atoms with Gasteiger partial charge < -0.3 is 15.0 Å². The summed E-state index contributed by atoms with van der Waals surface area (Å²) in [5.41, 5.74) is 0. The predicted molar refractivity (Wildman–Crippen MR) is 105 cm³/mol. The van der Waals surface area contributed by atoms with Crippen LogP contribution in [0.25, 0.3) is 0 Å². The van der Waals surface area contributed by atoms with Crippen LogP contribution in [-0.2, 0) is 4.74 Å². The lowest BCUT2D eigenvalue weighted by Crippen LogP contribution is -2.50. The molecule has 0 unspecified atom stereocenters. The second-order valence-electron chi connectivity index (χ2n) is 6.99. The van der Waals surface area contributed by atoms with Gasteiger partial charge in [0.2, 0.25) is 0 Å². The van der Waals surface area contributed by atoms with E-state index in [4.69, 9.17) is 11.2 Å². The van der Waals surface area contributed by atoms with E-state index in [0.29, 0.717) is 13.1 Å². The predicted octanol–water partition coefficient (Wildman–Crippen LogP) is 3.10. The molecular weight excluding hydrogens is 346 g/mol. The number of hydrogen-bond donors (Lipinski definition) is 1. The van der Waals surface area contributed by atoms with Crippen molar-refractivity contribution in [2.75, 3.05) is 39.4 Å². The molecule has 6 heteroatoms. The number of urea groups is 1. The van der Waals surface area contributed by atoms with Crippen LogP contribution >= 0.6 is 11.3 Å². The summed E-state index contributed by atoms with van der Waals surface area (Å²) in [6.07, 6.45) is 11.3. The Morgan fingerprint density at radius 3 is 2.81 bits per heavy atom. The number of thiophene rings is 1.